The van der Waals surface area contributed by atoms with E-state index in [1.807, 2.05) is 0 Å². The second-order valence-electron chi connectivity index (χ2n) is 11.0. The summed E-state index contributed by atoms with van der Waals surface area (Å²) >= 11 is 0. The van der Waals surface area contributed by atoms with Crippen molar-refractivity contribution in [3.05, 3.63) is 113 Å². The average molecular weight is 519 g/mol. The van der Waals surface area contributed by atoms with Gasteiger partial charge in [0.1, 0.15) is 0 Å². The Bertz CT molecular complexity index is 1460. The quantitative estimate of drug-likeness (QED) is 0.294. The van der Waals surface area contributed by atoms with Crippen molar-refractivity contribution in [1.82, 2.24) is 0 Å². The van der Waals surface area contributed by atoms with E-state index in [-0.39, 0.29) is 18.4 Å². The van der Waals surface area contributed by atoms with Crippen LogP contribution in [-0.2, 0) is 29.9 Å². The third kappa shape index (κ3) is 3.96. The van der Waals surface area contributed by atoms with Crippen molar-refractivity contribution in [2.75, 3.05) is 14.2 Å². The van der Waals surface area contributed by atoms with Gasteiger partial charge in [-0.2, -0.15) is 0 Å². The van der Waals surface area contributed by atoms with Crippen molar-refractivity contribution < 1.29 is 19.1 Å². The fourth-order valence-electron chi connectivity index (χ4n) is 7.54. The van der Waals surface area contributed by atoms with Crippen LogP contribution in [0.3, 0.4) is 0 Å². The minimum absolute atomic E-state index is 0.196. The van der Waals surface area contributed by atoms with E-state index in [4.69, 9.17) is 9.47 Å². The van der Waals surface area contributed by atoms with E-state index in [1.54, 1.807) is 0 Å². The van der Waals surface area contributed by atoms with Crippen molar-refractivity contribution in [3.63, 3.8) is 0 Å². The maximum atomic E-state index is 12.9. The van der Waals surface area contributed by atoms with Gasteiger partial charge in [0.25, 0.3) is 0 Å². The highest BCUT2D eigenvalue weighted by Gasteiger charge is 2.48. The molecule has 0 amide bonds. The highest BCUT2D eigenvalue weighted by molar-refractivity contribution is 5.87. The molecule has 6 rings (SSSR count). The largest absolute Gasteiger partial charge is 0.469 e. The summed E-state index contributed by atoms with van der Waals surface area (Å²) in [4.78, 5) is 25.8. The Morgan fingerprint density at radius 1 is 0.692 bits per heavy atom. The smallest absolute Gasteiger partial charge is 0.306 e. The van der Waals surface area contributed by atoms with Crippen LogP contribution in [0.25, 0.3) is 16.7 Å². The van der Waals surface area contributed by atoms with Crippen LogP contribution in [-0.4, -0.2) is 26.2 Å². The molecule has 1 atom stereocenters. The predicted octanol–water partition coefficient (Wildman–Crippen LogP) is 7.30. The van der Waals surface area contributed by atoms with Crippen molar-refractivity contribution in [2.24, 2.45) is 0 Å². The first kappa shape index (κ1) is 25.4. The van der Waals surface area contributed by atoms with E-state index in [0.29, 0.717) is 6.42 Å². The number of hydrogen-bond donors (Lipinski definition) is 0. The van der Waals surface area contributed by atoms with Gasteiger partial charge in [-0.25, -0.2) is 0 Å². The van der Waals surface area contributed by atoms with E-state index in [1.165, 1.54) is 58.7 Å². The second-order valence-corrected chi connectivity index (χ2v) is 11.0. The van der Waals surface area contributed by atoms with Gasteiger partial charge in [-0.15, -0.1) is 0 Å². The van der Waals surface area contributed by atoms with E-state index in [9.17, 15) is 9.59 Å². The molecule has 3 aliphatic carbocycles. The number of esters is 2. The van der Waals surface area contributed by atoms with E-state index >= 15 is 0 Å². The Labute approximate surface area is 230 Å². The van der Waals surface area contributed by atoms with Crippen LogP contribution in [0.2, 0.25) is 0 Å². The first-order chi connectivity index (χ1) is 19.0. The summed E-state index contributed by atoms with van der Waals surface area (Å²) in [7, 11) is 2.94. The molecule has 3 aromatic rings. The third-order valence-electron chi connectivity index (χ3n) is 9.18. The molecule has 1 unspecified atom stereocenters. The zero-order valence-corrected chi connectivity index (χ0v) is 22.7. The molecular weight excluding hydrogens is 484 g/mol. The molecule has 0 saturated carbocycles. The van der Waals surface area contributed by atoms with E-state index in [0.717, 1.165) is 32.1 Å². The number of benzene rings is 3. The van der Waals surface area contributed by atoms with Gasteiger partial charge in [-0.1, -0.05) is 91.4 Å². The Kier molecular flexibility index (Phi) is 6.50. The van der Waals surface area contributed by atoms with Crippen LogP contribution in [0, 0.1) is 0 Å². The molecular formula is C35H34O4. The highest BCUT2D eigenvalue weighted by Crippen LogP contribution is 2.57. The first-order valence-electron chi connectivity index (χ1n) is 13.9. The molecule has 4 heteroatoms. The molecule has 198 valence electrons. The maximum absolute atomic E-state index is 12.9. The molecule has 0 aliphatic heterocycles. The predicted molar refractivity (Wildman–Crippen MR) is 153 cm³/mol. The molecule has 0 aromatic heterocycles. The van der Waals surface area contributed by atoms with Gasteiger partial charge in [-0.05, 0) is 70.2 Å². The standard InChI is InChI=1S/C35H34O4/c1-38-32(36)22-34(28-16-7-3-12-24(28)25-13-4-8-17-29(25)34)20-11-21-35(23-33(37)39-2)30-18-9-5-14-26(30)27-15-6-10-19-31(27)35/h3-5,7-10,12-14,16-19H,6,11,15,20-23H2,1-2H3. The molecule has 0 radical (unpaired) electrons. The fourth-order valence-corrected chi connectivity index (χ4v) is 7.54. The minimum atomic E-state index is -0.482. The lowest BCUT2D eigenvalue weighted by Gasteiger charge is -2.36. The lowest BCUT2D eigenvalue weighted by Crippen LogP contribution is -2.33. The number of ether oxygens (including phenoxy) is 2. The lowest BCUT2D eigenvalue weighted by molar-refractivity contribution is -0.142. The summed E-state index contributed by atoms with van der Waals surface area (Å²) in [6, 6.07) is 25.5. The van der Waals surface area contributed by atoms with Gasteiger partial charge in [0, 0.05) is 10.8 Å². The topological polar surface area (TPSA) is 52.6 Å². The van der Waals surface area contributed by atoms with Gasteiger partial charge in [0.05, 0.1) is 27.1 Å². The van der Waals surface area contributed by atoms with Crippen molar-refractivity contribution >= 4 is 17.5 Å². The number of carbonyl (C=O) groups excluding carboxylic acids is 2. The lowest BCUT2D eigenvalue weighted by atomic mass is 9.67. The van der Waals surface area contributed by atoms with Crippen LogP contribution in [0.1, 0.15) is 67.2 Å². The molecule has 4 nitrogen and oxygen atoms in total. The van der Waals surface area contributed by atoms with Crippen LogP contribution >= 0.6 is 0 Å². The Balaban J connectivity index is 1.42. The van der Waals surface area contributed by atoms with Crippen LogP contribution in [0.5, 0.6) is 0 Å². The Morgan fingerprint density at radius 3 is 1.77 bits per heavy atom. The van der Waals surface area contributed by atoms with Crippen molar-refractivity contribution in [1.29, 1.82) is 0 Å². The van der Waals surface area contributed by atoms with Crippen LogP contribution in [0.15, 0.2) is 90.5 Å². The third-order valence-corrected chi connectivity index (χ3v) is 9.18. The summed E-state index contributed by atoms with van der Waals surface area (Å²) in [5, 5.41) is 0. The van der Waals surface area contributed by atoms with Gasteiger partial charge in [-0.3, -0.25) is 9.59 Å². The van der Waals surface area contributed by atoms with Crippen molar-refractivity contribution in [3.8, 4) is 11.1 Å². The summed E-state index contributed by atoms with van der Waals surface area (Å²) < 4.78 is 10.5. The maximum Gasteiger partial charge on any atom is 0.306 e. The molecule has 0 heterocycles. The molecule has 3 aromatic carbocycles. The van der Waals surface area contributed by atoms with E-state index in [2.05, 4.69) is 84.9 Å². The van der Waals surface area contributed by atoms with Gasteiger partial charge < -0.3 is 9.47 Å². The van der Waals surface area contributed by atoms with Crippen molar-refractivity contribution in [2.45, 2.75) is 55.8 Å². The molecule has 0 N–H and O–H groups in total. The number of rotatable bonds is 8. The normalized spacial score (nSPS) is 19.6. The Hall–Kier alpha value is -3.92. The number of carbonyl (C=O) groups is 2. The first-order valence-corrected chi connectivity index (χ1v) is 13.9. The zero-order chi connectivity index (χ0) is 27.0. The molecule has 0 fully saturated rings. The summed E-state index contributed by atoms with van der Waals surface area (Å²) in [6.07, 6.45) is 9.45. The summed E-state index contributed by atoms with van der Waals surface area (Å²) in [6.45, 7) is 0. The number of fused-ring (bicyclic) bond motifs is 5. The van der Waals surface area contributed by atoms with E-state index < -0.39 is 10.8 Å². The Morgan fingerprint density at radius 2 is 1.18 bits per heavy atom. The average Bonchev–Trinajstić information content (AvgIpc) is 3.41. The second kappa shape index (κ2) is 10.00. The zero-order valence-electron chi connectivity index (χ0n) is 22.7. The molecule has 0 saturated heterocycles. The fraction of sp³-hybridized carbons (Fsp3) is 0.314. The molecule has 0 bridgehead atoms. The number of allylic oxidation sites excluding steroid dienone is 4. The monoisotopic (exact) mass is 518 g/mol. The summed E-state index contributed by atoms with van der Waals surface area (Å²) in [5.74, 6) is -0.407. The van der Waals surface area contributed by atoms with Crippen LogP contribution in [0.4, 0.5) is 0 Å². The van der Waals surface area contributed by atoms with Gasteiger partial charge in [0.2, 0.25) is 0 Å². The minimum Gasteiger partial charge on any atom is -0.469 e. The highest BCUT2D eigenvalue weighted by atomic mass is 16.5. The summed E-state index contributed by atoms with van der Waals surface area (Å²) in [5.41, 5.74) is 8.92. The molecule has 0 spiro atoms. The van der Waals surface area contributed by atoms with Crippen LogP contribution < -0.4 is 0 Å². The number of methoxy groups -OCH3 is 2. The SMILES string of the molecule is COC(=O)CC1(CCCC2(CC(=O)OC)c3ccccc3-c3ccccc32)C2=C(CCC=C2)c2ccccc21. The number of hydrogen-bond acceptors (Lipinski definition) is 4. The van der Waals surface area contributed by atoms with Gasteiger partial charge >= 0.3 is 11.9 Å². The van der Waals surface area contributed by atoms with Gasteiger partial charge in [0.15, 0.2) is 0 Å². The molecule has 39 heavy (non-hydrogen) atoms. The molecule has 3 aliphatic rings.